The Labute approximate surface area is 145 Å². The zero-order valence-electron chi connectivity index (χ0n) is 13.8. The third-order valence-corrected chi connectivity index (χ3v) is 3.74. The van der Waals surface area contributed by atoms with Gasteiger partial charge in [0, 0.05) is 11.9 Å². The Balaban J connectivity index is 3.38. The number of rotatable bonds is 13. The van der Waals surface area contributed by atoms with Crippen molar-refractivity contribution in [1.82, 2.24) is 10.5 Å². The molecule has 0 aromatic heterocycles. The summed E-state index contributed by atoms with van der Waals surface area (Å²) < 4.78 is 4.62. The van der Waals surface area contributed by atoms with Crippen molar-refractivity contribution in [1.29, 1.82) is 0 Å². The second-order valence-electron chi connectivity index (χ2n) is 5.81. The molecule has 1 unspecified atom stereocenters. The summed E-state index contributed by atoms with van der Waals surface area (Å²) in [6.45, 7) is 4.11. The van der Waals surface area contributed by atoms with E-state index in [9.17, 15) is 4.79 Å². The minimum Gasteiger partial charge on any atom is -0.465 e. The Morgan fingerprint density at radius 3 is 2.23 bits per heavy atom. The van der Waals surface area contributed by atoms with Crippen LogP contribution in [0.25, 0.3) is 0 Å². The molecule has 0 aliphatic rings. The van der Waals surface area contributed by atoms with E-state index in [-0.39, 0.29) is 5.97 Å². The van der Waals surface area contributed by atoms with Crippen molar-refractivity contribution in [3.8, 4) is 0 Å². The zero-order chi connectivity index (χ0) is 16.8. The Bertz CT molecular complexity index is 333. The summed E-state index contributed by atoms with van der Waals surface area (Å²) in [5.41, 5.74) is 3.71. The van der Waals surface area contributed by atoms with E-state index in [0.29, 0.717) is 6.61 Å². The number of carbonyl (C=O) groups excluding carboxylic acids is 1. The summed E-state index contributed by atoms with van der Waals surface area (Å²) in [5, 5.41) is 2.89. The van der Waals surface area contributed by atoms with E-state index in [4.69, 9.17) is 10.6 Å². The van der Waals surface area contributed by atoms with E-state index >= 15 is 0 Å². The SMILES string of the molecule is CC(C)(Br)C(=O)OCCCCCCCCCC(=CNP)NN. The van der Waals surface area contributed by atoms with Gasteiger partial charge in [-0.15, -0.1) is 0 Å². The van der Waals surface area contributed by atoms with Crippen LogP contribution in [0, 0.1) is 0 Å². The number of nitrogens with two attached hydrogens (primary N) is 1. The van der Waals surface area contributed by atoms with Crippen LogP contribution in [0.5, 0.6) is 0 Å². The van der Waals surface area contributed by atoms with Gasteiger partial charge >= 0.3 is 5.97 Å². The van der Waals surface area contributed by atoms with Gasteiger partial charge in [0.2, 0.25) is 0 Å². The fourth-order valence-electron chi connectivity index (χ4n) is 1.92. The van der Waals surface area contributed by atoms with E-state index in [1.165, 1.54) is 25.7 Å². The Kier molecular flexibility index (Phi) is 13.0. The smallest absolute Gasteiger partial charge is 0.322 e. The standard InChI is InChI=1S/C15H31BrN3O2P/c1-15(2,16)14(20)21-11-9-7-5-3-4-6-8-10-13(19-17)12-18-22/h12,18-19H,3-11,17,22H2,1-2H3. The first-order valence-electron chi connectivity index (χ1n) is 7.89. The molecular weight excluding hydrogens is 365 g/mol. The quantitative estimate of drug-likeness (QED) is 0.111. The summed E-state index contributed by atoms with van der Waals surface area (Å²) >= 11 is 3.29. The molecule has 0 radical (unpaired) electrons. The fraction of sp³-hybridized carbons (Fsp3) is 0.800. The number of hydrazine groups is 1. The van der Waals surface area contributed by atoms with E-state index in [1.54, 1.807) is 13.8 Å². The molecule has 0 aromatic rings. The van der Waals surface area contributed by atoms with Gasteiger partial charge in [0.25, 0.3) is 0 Å². The summed E-state index contributed by atoms with van der Waals surface area (Å²) in [6, 6.07) is 0. The van der Waals surface area contributed by atoms with Crippen molar-refractivity contribution in [2.24, 2.45) is 5.84 Å². The zero-order valence-corrected chi connectivity index (χ0v) is 16.5. The van der Waals surface area contributed by atoms with E-state index in [2.05, 4.69) is 35.8 Å². The lowest BCUT2D eigenvalue weighted by Crippen LogP contribution is -2.26. The molecule has 0 rings (SSSR count). The number of alkyl halides is 1. The highest BCUT2D eigenvalue weighted by Crippen LogP contribution is 2.18. The van der Waals surface area contributed by atoms with Crippen molar-refractivity contribution in [3.63, 3.8) is 0 Å². The van der Waals surface area contributed by atoms with Gasteiger partial charge in [-0.05, 0) is 42.5 Å². The monoisotopic (exact) mass is 395 g/mol. The topological polar surface area (TPSA) is 76.4 Å². The normalized spacial score (nSPS) is 12.1. The lowest BCUT2D eigenvalue weighted by Gasteiger charge is -2.14. The van der Waals surface area contributed by atoms with Crippen LogP contribution in [0.3, 0.4) is 0 Å². The lowest BCUT2D eigenvalue weighted by molar-refractivity contribution is -0.145. The molecule has 22 heavy (non-hydrogen) atoms. The molecule has 0 aliphatic heterocycles. The van der Waals surface area contributed by atoms with Gasteiger partial charge in [-0.25, -0.2) is 0 Å². The van der Waals surface area contributed by atoms with Crippen LogP contribution in [0.1, 0.15) is 65.2 Å². The average Bonchev–Trinajstić information content (AvgIpc) is 2.46. The fourth-order valence-corrected chi connectivity index (χ4v) is 2.24. The molecule has 0 aliphatic carbocycles. The highest BCUT2D eigenvalue weighted by atomic mass is 79.9. The second kappa shape index (κ2) is 13.1. The van der Waals surface area contributed by atoms with Gasteiger partial charge in [0.1, 0.15) is 4.32 Å². The molecular formula is C15H31BrN3O2P. The minimum absolute atomic E-state index is 0.190. The van der Waals surface area contributed by atoms with Gasteiger partial charge in [-0.3, -0.25) is 10.6 Å². The third kappa shape index (κ3) is 12.2. The van der Waals surface area contributed by atoms with Gasteiger partial charge in [-0.2, -0.15) is 0 Å². The first-order valence-corrected chi connectivity index (χ1v) is 9.26. The summed E-state index contributed by atoms with van der Waals surface area (Å²) in [7, 11) is 2.42. The maximum Gasteiger partial charge on any atom is 0.322 e. The van der Waals surface area contributed by atoms with Crippen LogP contribution in [0.15, 0.2) is 11.9 Å². The molecule has 0 saturated heterocycles. The number of halogens is 1. The van der Waals surface area contributed by atoms with Gasteiger partial charge in [-0.1, -0.05) is 48.0 Å². The van der Waals surface area contributed by atoms with Gasteiger partial charge in [0.05, 0.1) is 6.61 Å². The molecule has 4 N–H and O–H groups in total. The minimum atomic E-state index is -0.579. The number of unbranched alkanes of at least 4 members (excludes halogenated alkanes) is 6. The van der Waals surface area contributed by atoms with Crippen molar-refractivity contribution < 1.29 is 9.53 Å². The lowest BCUT2D eigenvalue weighted by atomic mass is 10.1. The molecule has 0 bridgehead atoms. The number of carbonyl (C=O) groups is 1. The Morgan fingerprint density at radius 2 is 1.73 bits per heavy atom. The number of hydrogen-bond acceptors (Lipinski definition) is 5. The highest BCUT2D eigenvalue weighted by Gasteiger charge is 2.24. The molecule has 130 valence electrons. The number of nitrogens with one attached hydrogen (secondary N) is 2. The molecule has 7 heteroatoms. The average molecular weight is 396 g/mol. The molecule has 0 heterocycles. The number of ether oxygens (including phenoxy) is 1. The highest BCUT2D eigenvalue weighted by molar-refractivity contribution is 9.10. The number of allylic oxidation sites excluding steroid dienone is 1. The largest absolute Gasteiger partial charge is 0.465 e. The Hall–Kier alpha value is -0.320. The van der Waals surface area contributed by atoms with E-state index < -0.39 is 4.32 Å². The first kappa shape index (κ1) is 21.7. The van der Waals surface area contributed by atoms with Crippen molar-refractivity contribution in [2.75, 3.05) is 6.61 Å². The molecule has 1 atom stereocenters. The molecule has 5 nitrogen and oxygen atoms in total. The van der Waals surface area contributed by atoms with Crippen LogP contribution in [-0.2, 0) is 9.53 Å². The predicted molar refractivity (Wildman–Crippen MR) is 99.2 cm³/mol. The molecule has 0 fully saturated rings. The molecule has 0 amide bonds. The van der Waals surface area contributed by atoms with Crippen molar-refractivity contribution >= 4 is 31.3 Å². The molecule has 0 spiro atoms. The first-order chi connectivity index (χ1) is 10.4. The summed E-state index contributed by atoms with van der Waals surface area (Å²) in [5.74, 6) is 5.22. The van der Waals surface area contributed by atoms with Gasteiger partial charge < -0.3 is 15.2 Å². The van der Waals surface area contributed by atoms with Crippen molar-refractivity contribution in [3.05, 3.63) is 11.9 Å². The van der Waals surface area contributed by atoms with Crippen LogP contribution in [0.4, 0.5) is 0 Å². The summed E-state index contributed by atoms with van der Waals surface area (Å²) in [4.78, 5) is 11.5. The van der Waals surface area contributed by atoms with Crippen LogP contribution in [-0.4, -0.2) is 16.9 Å². The molecule has 0 saturated carbocycles. The van der Waals surface area contributed by atoms with Gasteiger partial charge in [0.15, 0.2) is 0 Å². The van der Waals surface area contributed by atoms with E-state index in [1.807, 2.05) is 6.20 Å². The maximum atomic E-state index is 11.5. The predicted octanol–water partition coefficient (Wildman–Crippen LogP) is 3.51. The number of esters is 1. The molecule has 0 aromatic carbocycles. The third-order valence-electron chi connectivity index (χ3n) is 3.25. The summed E-state index contributed by atoms with van der Waals surface area (Å²) in [6.07, 6.45) is 10.9. The van der Waals surface area contributed by atoms with Crippen LogP contribution in [0.2, 0.25) is 0 Å². The van der Waals surface area contributed by atoms with Crippen LogP contribution >= 0.6 is 25.3 Å². The second-order valence-corrected chi connectivity index (χ2v) is 8.13. The number of hydrogen-bond donors (Lipinski definition) is 3. The van der Waals surface area contributed by atoms with Crippen LogP contribution < -0.4 is 16.4 Å². The maximum absolute atomic E-state index is 11.5. The van der Waals surface area contributed by atoms with Crippen molar-refractivity contribution in [2.45, 2.75) is 69.5 Å². The Morgan fingerprint density at radius 1 is 1.18 bits per heavy atom. The van der Waals surface area contributed by atoms with E-state index in [0.717, 1.165) is 31.4 Å².